The van der Waals surface area contributed by atoms with E-state index in [0.717, 1.165) is 65.4 Å². The van der Waals surface area contributed by atoms with Crippen molar-refractivity contribution in [3.63, 3.8) is 0 Å². The van der Waals surface area contributed by atoms with Crippen molar-refractivity contribution in [2.24, 2.45) is 11.3 Å². The highest BCUT2D eigenvalue weighted by Crippen LogP contribution is 2.45. The second-order valence-corrected chi connectivity index (χ2v) is 7.06. The highest BCUT2D eigenvalue weighted by Gasteiger charge is 2.51. The number of nitrogens with one attached hydrogen (secondary N) is 1. The first-order valence-corrected chi connectivity index (χ1v) is 9.06. The Bertz CT molecular complexity index is 382. The predicted octanol–water partition coefficient (Wildman–Crippen LogP) is 0.947. The minimum atomic E-state index is -0.0776. The van der Waals surface area contributed by atoms with Crippen LogP contribution in [0.2, 0.25) is 0 Å². The first kappa shape index (κ1) is 16.2. The number of rotatable bonds is 5. The van der Waals surface area contributed by atoms with Gasteiger partial charge in [0, 0.05) is 45.9 Å². The lowest BCUT2D eigenvalue weighted by atomic mass is 9.67. The molecular weight excluding hydrogens is 278 g/mol. The lowest BCUT2D eigenvalue weighted by Crippen LogP contribution is -2.56. The van der Waals surface area contributed by atoms with Gasteiger partial charge in [0.2, 0.25) is 5.91 Å². The van der Waals surface area contributed by atoms with Crippen LogP contribution in [0.5, 0.6) is 0 Å². The van der Waals surface area contributed by atoms with Gasteiger partial charge in [-0.3, -0.25) is 9.69 Å². The van der Waals surface area contributed by atoms with E-state index in [2.05, 4.69) is 15.1 Å². The van der Waals surface area contributed by atoms with E-state index in [-0.39, 0.29) is 5.41 Å². The molecule has 3 rings (SSSR count). The van der Waals surface area contributed by atoms with Gasteiger partial charge in [0.25, 0.3) is 0 Å². The molecule has 1 aliphatic carbocycles. The monoisotopic (exact) mass is 309 g/mol. The topological polar surface area (TPSA) is 44.8 Å². The Labute approximate surface area is 134 Å². The van der Waals surface area contributed by atoms with E-state index in [9.17, 15) is 4.79 Å². The van der Waals surface area contributed by atoms with Crippen molar-refractivity contribution in [1.29, 1.82) is 0 Å². The maximum absolute atomic E-state index is 13.2. The maximum Gasteiger partial charge on any atom is 0.230 e. The molecule has 5 nitrogen and oxygen atoms in total. The number of ether oxygens (including phenoxy) is 1. The van der Waals surface area contributed by atoms with Gasteiger partial charge < -0.3 is 15.0 Å². The van der Waals surface area contributed by atoms with E-state index >= 15 is 0 Å². The molecule has 1 N–H and O–H groups in total. The van der Waals surface area contributed by atoms with Gasteiger partial charge in [-0.05, 0) is 32.2 Å². The third kappa shape index (κ3) is 3.17. The van der Waals surface area contributed by atoms with Crippen molar-refractivity contribution in [3.05, 3.63) is 0 Å². The number of fused-ring (bicyclic) bond motifs is 1. The van der Waals surface area contributed by atoms with Crippen LogP contribution in [0.25, 0.3) is 0 Å². The summed E-state index contributed by atoms with van der Waals surface area (Å²) in [4.78, 5) is 17.7. The standard InChI is InChI=1S/C17H31N3O2/c1-2-22-12-11-19-7-9-20(10-8-19)16(21)17-6-4-3-5-15(17)13-18-14-17/h15,18H,2-14H2,1H3/t15-,17+/m0/s1. The van der Waals surface area contributed by atoms with Crippen molar-refractivity contribution < 1.29 is 9.53 Å². The van der Waals surface area contributed by atoms with Crippen molar-refractivity contribution in [2.75, 3.05) is 59.0 Å². The second-order valence-electron chi connectivity index (χ2n) is 7.06. The third-order valence-electron chi connectivity index (χ3n) is 5.88. The zero-order chi connectivity index (χ0) is 15.4. The molecule has 3 fully saturated rings. The summed E-state index contributed by atoms with van der Waals surface area (Å²) in [6.07, 6.45) is 4.84. The Hall–Kier alpha value is -0.650. The SMILES string of the molecule is CCOCCN1CCN(C(=O)[C@@]23CCCC[C@H]2CNC3)CC1. The molecule has 126 valence electrons. The smallest absolute Gasteiger partial charge is 0.230 e. The Balaban J connectivity index is 1.53. The molecular formula is C17H31N3O2. The summed E-state index contributed by atoms with van der Waals surface area (Å²) in [5.41, 5.74) is -0.0776. The van der Waals surface area contributed by atoms with E-state index in [1.54, 1.807) is 0 Å². The molecule has 2 aliphatic heterocycles. The molecule has 0 bridgehead atoms. The normalized spacial score (nSPS) is 33.0. The van der Waals surface area contributed by atoms with Crippen LogP contribution >= 0.6 is 0 Å². The van der Waals surface area contributed by atoms with Gasteiger partial charge in [-0.1, -0.05) is 12.8 Å². The molecule has 0 aromatic heterocycles. The summed E-state index contributed by atoms with van der Waals surface area (Å²) < 4.78 is 5.43. The molecule has 5 heteroatoms. The zero-order valence-corrected chi connectivity index (χ0v) is 14.0. The number of piperazine rings is 1. The molecule has 3 aliphatic rings. The van der Waals surface area contributed by atoms with Gasteiger partial charge in [-0.25, -0.2) is 0 Å². The Morgan fingerprint density at radius 3 is 2.86 bits per heavy atom. The molecule has 2 saturated heterocycles. The van der Waals surface area contributed by atoms with E-state index in [0.29, 0.717) is 11.8 Å². The Morgan fingerprint density at radius 2 is 2.09 bits per heavy atom. The number of nitrogens with zero attached hydrogens (tertiary/aromatic N) is 2. The largest absolute Gasteiger partial charge is 0.380 e. The van der Waals surface area contributed by atoms with E-state index in [1.807, 2.05) is 6.92 Å². The number of amides is 1. The van der Waals surface area contributed by atoms with Gasteiger partial charge in [-0.2, -0.15) is 0 Å². The average molecular weight is 309 g/mol. The lowest BCUT2D eigenvalue weighted by molar-refractivity contribution is -0.147. The maximum atomic E-state index is 13.2. The van der Waals surface area contributed by atoms with Crippen molar-refractivity contribution in [1.82, 2.24) is 15.1 Å². The van der Waals surface area contributed by atoms with Crippen LogP contribution in [0.3, 0.4) is 0 Å². The molecule has 0 spiro atoms. The Morgan fingerprint density at radius 1 is 1.27 bits per heavy atom. The van der Waals surface area contributed by atoms with Crippen LogP contribution < -0.4 is 5.32 Å². The minimum absolute atomic E-state index is 0.0776. The Kier molecular flexibility index (Phi) is 5.37. The summed E-state index contributed by atoms with van der Waals surface area (Å²) in [6.45, 7) is 10.3. The fourth-order valence-electron chi connectivity index (χ4n) is 4.50. The molecule has 0 aromatic rings. The second kappa shape index (κ2) is 7.28. The fourth-order valence-corrected chi connectivity index (χ4v) is 4.50. The van der Waals surface area contributed by atoms with E-state index in [1.165, 1.54) is 19.3 Å². The highest BCUT2D eigenvalue weighted by atomic mass is 16.5. The van der Waals surface area contributed by atoms with Crippen molar-refractivity contribution in [3.8, 4) is 0 Å². The quantitative estimate of drug-likeness (QED) is 0.768. The van der Waals surface area contributed by atoms with E-state index in [4.69, 9.17) is 4.74 Å². The third-order valence-corrected chi connectivity index (χ3v) is 5.88. The number of hydrogen-bond acceptors (Lipinski definition) is 4. The number of carbonyl (C=O) groups excluding carboxylic acids is 1. The molecule has 0 radical (unpaired) electrons. The summed E-state index contributed by atoms with van der Waals surface area (Å²) in [6, 6.07) is 0. The summed E-state index contributed by atoms with van der Waals surface area (Å²) in [5, 5.41) is 3.49. The van der Waals surface area contributed by atoms with Gasteiger partial charge in [0.05, 0.1) is 12.0 Å². The van der Waals surface area contributed by atoms with Crippen molar-refractivity contribution in [2.45, 2.75) is 32.6 Å². The zero-order valence-electron chi connectivity index (χ0n) is 14.0. The molecule has 1 amide bonds. The van der Waals surface area contributed by atoms with Crippen LogP contribution in [0.1, 0.15) is 32.6 Å². The number of hydrogen-bond donors (Lipinski definition) is 1. The predicted molar refractivity (Wildman–Crippen MR) is 86.8 cm³/mol. The van der Waals surface area contributed by atoms with Gasteiger partial charge in [0.1, 0.15) is 0 Å². The summed E-state index contributed by atoms with van der Waals surface area (Å²) >= 11 is 0. The van der Waals surface area contributed by atoms with Gasteiger partial charge in [0.15, 0.2) is 0 Å². The van der Waals surface area contributed by atoms with Gasteiger partial charge in [-0.15, -0.1) is 0 Å². The molecule has 0 aromatic carbocycles. The molecule has 1 saturated carbocycles. The van der Waals surface area contributed by atoms with E-state index < -0.39 is 0 Å². The fraction of sp³-hybridized carbons (Fsp3) is 0.941. The molecule has 22 heavy (non-hydrogen) atoms. The first-order valence-electron chi connectivity index (χ1n) is 9.06. The average Bonchev–Trinajstić information content (AvgIpc) is 3.00. The summed E-state index contributed by atoms with van der Waals surface area (Å²) in [5.74, 6) is 1.01. The molecule has 2 heterocycles. The van der Waals surface area contributed by atoms with Crippen LogP contribution in [-0.2, 0) is 9.53 Å². The minimum Gasteiger partial charge on any atom is -0.380 e. The number of carbonyl (C=O) groups is 1. The van der Waals surface area contributed by atoms with Crippen LogP contribution in [0.4, 0.5) is 0 Å². The highest BCUT2D eigenvalue weighted by molar-refractivity contribution is 5.84. The van der Waals surface area contributed by atoms with Gasteiger partial charge >= 0.3 is 0 Å². The lowest BCUT2D eigenvalue weighted by Gasteiger charge is -2.43. The van der Waals surface area contributed by atoms with Crippen LogP contribution in [0, 0.1) is 11.3 Å². The van der Waals surface area contributed by atoms with Crippen LogP contribution in [0.15, 0.2) is 0 Å². The molecule has 2 atom stereocenters. The molecule has 0 unspecified atom stereocenters. The first-order chi connectivity index (χ1) is 10.8. The summed E-state index contributed by atoms with van der Waals surface area (Å²) in [7, 11) is 0. The van der Waals surface area contributed by atoms with Crippen LogP contribution in [-0.4, -0.2) is 74.7 Å². The van der Waals surface area contributed by atoms with Crippen molar-refractivity contribution >= 4 is 5.91 Å².